The molecular weight excluding hydrogens is 174 g/mol. The molecule has 2 atom stereocenters. The highest BCUT2D eigenvalue weighted by atomic mass is 16.3. The molecule has 3 rings (SSSR count). The number of rotatable bonds is 0. The van der Waals surface area contributed by atoms with Crippen molar-refractivity contribution < 1.29 is 5.11 Å². The Morgan fingerprint density at radius 2 is 2.07 bits per heavy atom. The van der Waals surface area contributed by atoms with Gasteiger partial charge < -0.3 is 10.4 Å². The van der Waals surface area contributed by atoms with E-state index in [0.717, 1.165) is 5.69 Å². The van der Waals surface area contributed by atoms with Crippen LogP contribution in [0.25, 0.3) is 0 Å². The third-order valence-corrected chi connectivity index (χ3v) is 2.89. The molecule has 1 aromatic rings. The second kappa shape index (κ2) is 2.64. The van der Waals surface area contributed by atoms with Gasteiger partial charge in [-0.3, -0.25) is 0 Å². The first-order valence-electron chi connectivity index (χ1n) is 4.79. The number of hydrogen-bond donors (Lipinski definition) is 2. The van der Waals surface area contributed by atoms with E-state index < -0.39 is 0 Å². The SMILES string of the molecule is OC1=CC=CC2c3ccccc3NC12. The number of aliphatic hydroxyl groups is 1. The topological polar surface area (TPSA) is 32.3 Å². The minimum atomic E-state index is 0.0393. The molecule has 0 radical (unpaired) electrons. The third-order valence-electron chi connectivity index (χ3n) is 2.89. The van der Waals surface area contributed by atoms with Crippen LogP contribution in [0, 0.1) is 0 Å². The molecule has 1 aliphatic carbocycles. The maximum absolute atomic E-state index is 9.70. The molecule has 2 heteroatoms. The van der Waals surface area contributed by atoms with E-state index in [1.165, 1.54) is 5.56 Å². The predicted octanol–water partition coefficient (Wildman–Crippen LogP) is 2.58. The van der Waals surface area contributed by atoms with E-state index >= 15 is 0 Å². The van der Waals surface area contributed by atoms with Crippen LogP contribution in [0.15, 0.2) is 48.3 Å². The molecule has 70 valence electrons. The fraction of sp³-hybridized carbons (Fsp3) is 0.167. The van der Waals surface area contributed by atoms with Crippen LogP contribution in [0.3, 0.4) is 0 Å². The summed E-state index contributed by atoms with van der Waals surface area (Å²) in [5, 5.41) is 13.0. The van der Waals surface area contributed by atoms with Crippen molar-refractivity contribution in [3.8, 4) is 0 Å². The summed E-state index contributed by atoms with van der Waals surface area (Å²) in [5.74, 6) is 0.713. The molecule has 1 aromatic carbocycles. The molecule has 0 amide bonds. The van der Waals surface area contributed by atoms with E-state index in [1.807, 2.05) is 18.2 Å². The van der Waals surface area contributed by atoms with Crippen LogP contribution in [0.5, 0.6) is 0 Å². The van der Waals surface area contributed by atoms with Crippen molar-refractivity contribution in [2.24, 2.45) is 0 Å². The summed E-state index contributed by atoms with van der Waals surface area (Å²) in [5.41, 5.74) is 2.41. The number of hydrogen-bond acceptors (Lipinski definition) is 2. The lowest BCUT2D eigenvalue weighted by atomic mass is 9.91. The van der Waals surface area contributed by atoms with Gasteiger partial charge in [0.1, 0.15) is 5.76 Å². The molecule has 2 aliphatic rings. The van der Waals surface area contributed by atoms with Gasteiger partial charge in [0.05, 0.1) is 6.04 Å². The van der Waals surface area contributed by atoms with E-state index in [1.54, 1.807) is 6.08 Å². The number of allylic oxidation sites excluding steroid dienone is 2. The molecule has 2 N–H and O–H groups in total. The van der Waals surface area contributed by atoms with E-state index in [9.17, 15) is 5.11 Å². The monoisotopic (exact) mass is 185 g/mol. The van der Waals surface area contributed by atoms with Gasteiger partial charge >= 0.3 is 0 Å². The Morgan fingerprint density at radius 1 is 1.21 bits per heavy atom. The molecule has 0 aromatic heterocycles. The van der Waals surface area contributed by atoms with Gasteiger partial charge in [0.15, 0.2) is 0 Å². The molecule has 1 aliphatic heterocycles. The molecule has 0 saturated heterocycles. The van der Waals surface area contributed by atoms with Gasteiger partial charge in [0.25, 0.3) is 0 Å². The molecule has 14 heavy (non-hydrogen) atoms. The summed E-state index contributed by atoms with van der Waals surface area (Å²) >= 11 is 0. The van der Waals surface area contributed by atoms with Crippen molar-refractivity contribution in [2.75, 3.05) is 5.32 Å². The number of anilines is 1. The normalized spacial score (nSPS) is 27.6. The summed E-state index contributed by atoms with van der Waals surface area (Å²) < 4.78 is 0. The Morgan fingerprint density at radius 3 is 3.00 bits per heavy atom. The quantitative estimate of drug-likeness (QED) is 0.651. The van der Waals surface area contributed by atoms with Crippen LogP contribution in [-0.4, -0.2) is 11.1 Å². The number of benzene rings is 1. The summed E-state index contributed by atoms with van der Waals surface area (Å²) in [6.07, 6.45) is 5.80. The van der Waals surface area contributed by atoms with Crippen molar-refractivity contribution in [2.45, 2.75) is 12.0 Å². The van der Waals surface area contributed by atoms with Crippen molar-refractivity contribution in [3.05, 3.63) is 53.8 Å². The maximum Gasteiger partial charge on any atom is 0.115 e. The Balaban J connectivity index is 2.11. The highest BCUT2D eigenvalue weighted by Crippen LogP contribution is 2.40. The largest absolute Gasteiger partial charge is 0.510 e. The Bertz CT molecular complexity index is 434. The first kappa shape index (κ1) is 7.68. The van der Waals surface area contributed by atoms with Crippen molar-refractivity contribution >= 4 is 5.69 Å². The van der Waals surface area contributed by atoms with Crippen LogP contribution >= 0.6 is 0 Å². The maximum atomic E-state index is 9.70. The van der Waals surface area contributed by atoms with Crippen molar-refractivity contribution in [3.63, 3.8) is 0 Å². The lowest BCUT2D eigenvalue weighted by Crippen LogP contribution is -2.23. The van der Waals surface area contributed by atoms with Gasteiger partial charge in [0.2, 0.25) is 0 Å². The standard InChI is InChI=1S/C12H11NO/c14-11-7-3-5-9-8-4-1-2-6-10(8)13-12(9)11/h1-7,9,12-14H. The van der Waals surface area contributed by atoms with E-state index in [2.05, 4.69) is 23.5 Å². The molecule has 0 fully saturated rings. The zero-order valence-corrected chi connectivity index (χ0v) is 7.64. The summed E-state index contributed by atoms with van der Waals surface area (Å²) in [6.45, 7) is 0. The molecule has 1 heterocycles. The third kappa shape index (κ3) is 0.909. The minimum Gasteiger partial charge on any atom is -0.510 e. The van der Waals surface area contributed by atoms with Gasteiger partial charge in [0, 0.05) is 11.6 Å². The van der Waals surface area contributed by atoms with Crippen molar-refractivity contribution in [1.29, 1.82) is 0 Å². The van der Waals surface area contributed by atoms with Gasteiger partial charge in [-0.25, -0.2) is 0 Å². The van der Waals surface area contributed by atoms with Crippen LogP contribution in [-0.2, 0) is 0 Å². The zero-order valence-electron chi connectivity index (χ0n) is 7.64. The lowest BCUT2D eigenvalue weighted by molar-refractivity contribution is 0.368. The highest BCUT2D eigenvalue weighted by molar-refractivity contribution is 5.63. The second-order valence-electron chi connectivity index (χ2n) is 3.71. The molecule has 2 unspecified atom stereocenters. The van der Waals surface area contributed by atoms with Gasteiger partial charge in [-0.05, 0) is 17.7 Å². The van der Waals surface area contributed by atoms with E-state index in [4.69, 9.17) is 0 Å². The number of nitrogens with one attached hydrogen (secondary N) is 1. The first-order chi connectivity index (χ1) is 6.86. The summed E-state index contributed by atoms with van der Waals surface area (Å²) in [6, 6.07) is 8.24. The second-order valence-corrected chi connectivity index (χ2v) is 3.71. The van der Waals surface area contributed by atoms with Gasteiger partial charge in [-0.2, -0.15) is 0 Å². The van der Waals surface area contributed by atoms with Crippen LogP contribution in [0.1, 0.15) is 11.5 Å². The number of fused-ring (bicyclic) bond motifs is 3. The lowest BCUT2D eigenvalue weighted by Gasteiger charge is -2.19. The fourth-order valence-electron chi connectivity index (χ4n) is 2.21. The van der Waals surface area contributed by atoms with E-state index in [-0.39, 0.29) is 12.0 Å². The molecule has 2 nitrogen and oxygen atoms in total. The average molecular weight is 185 g/mol. The fourth-order valence-corrected chi connectivity index (χ4v) is 2.21. The highest BCUT2D eigenvalue weighted by Gasteiger charge is 2.33. The Kier molecular flexibility index (Phi) is 1.45. The molecular formula is C12H11NO. The number of para-hydroxylation sites is 1. The Labute approximate surface area is 82.6 Å². The van der Waals surface area contributed by atoms with Gasteiger partial charge in [-0.1, -0.05) is 30.4 Å². The van der Waals surface area contributed by atoms with Crippen molar-refractivity contribution in [1.82, 2.24) is 0 Å². The average Bonchev–Trinajstić information content (AvgIpc) is 2.59. The summed E-state index contributed by atoms with van der Waals surface area (Å²) in [7, 11) is 0. The van der Waals surface area contributed by atoms with Gasteiger partial charge in [-0.15, -0.1) is 0 Å². The van der Waals surface area contributed by atoms with Crippen LogP contribution < -0.4 is 5.32 Å². The van der Waals surface area contributed by atoms with Crippen LogP contribution in [0.2, 0.25) is 0 Å². The molecule has 0 bridgehead atoms. The summed E-state index contributed by atoms with van der Waals surface area (Å²) in [4.78, 5) is 0. The predicted molar refractivity (Wildman–Crippen MR) is 56.4 cm³/mol. The molecule has 0 spiro atoms. The minimum absolute atomic E-state index is 0.0393. The van der Waals surface area contributed by atoms with E-state index in [0.29, 0.717) is 5.76 Å². The first-order valence-corrected chi connectivity index (χ1v) is 4.79. The van der Waals surface area contributed by atoms with Crippen LogP contribution in [0.4, 0.5) is 5.69 Å². The Hall–Kier alpha value is -1.70. The smallest absolute Gasteiger partial charge is 0.115 e. The molecule has 0 saturated carbocycles. The number of aliphatic hydroxyl groups excluding tert-OH is 1. The zero-order chi connectivity index (χ0) is 9.54.